The number of hydrogen-bond acceptors (Lipinski definition) is 4. The number of hydrogen-bond donors (Lipinski definition) is 2. The second-order valence-electron chi connectivity index (χ2n) is 4.82. The average molecular weight is 284 g/mol. The molecule has 0 unspecified atom stereocenters. The van der Waals surface area contributed by atoms with E-state index in [4.69, 9.17) is 10.2 Å². The summed E-state index contributed by atoms with van der Waals surface area (Å²) in [4.78, 5) is 16.0. The van der Waals surface area contributed by atoms with Gasteiger partial charge in [0.1, 0.15) is 5.58 Å². The Hall–Kier alpha value is -2.76. The molecule has 0 aliphatic carbocycles. The van der Waals surface area contributed by atoms with E-state index in [-0.39, 0.29) is 5.91 Å². The molecule has 0 bridgehead atoms. The van der Waals surface area contributed by atoms with Crippen molar-refractivity contribution in [1.82, 2.24) is 14.9 Å². The van der Waals surface area contributed by atoms with Gasteiger partial charge in [0, 0.05) is 36.6 Å². The van der Waals surface area contributed by atoms with Crippen molar-refractivity contribution in [1.29, 1.82) is 0 Å². The van der Waals surface area contributed by atoms with E-state index >= 15 is 0 Å². The van der Waals surface area contributed by atoms with Crippen molar-refractivity contribution < 1.29 is 9.21 Å². The lowest BCUT2D eigenvalue weighted by molar-refractivity contribution is 0.0927. The van der Waals surface area contributed by atoms with E-state index in [0.717, 1.165) is 18.4 Å². The lowest BCUT2D eigenvalue weighted by Crippen LogP contribution is -2.24. The van der Waals surface area contributed by atoms with E-state index in [1.54, 1.807) is 36.8 Å². The Bertz CT molecular complexity index is 746. The van der Waals surface area contributed by atoms with E-state index in [1.165, 1.54) is 0 Å². The number of furan rings is 1. The third-order valence-electron chi connectivity index (χ3n) is 3.20. The maximum Gasteiger partial charge on any atom is 0.287 e. The Morgan fingerprint density at radius 3 is 3.10 bits per heavy atom. The van der Waals surface area contributed by atoms with Crippen LogP contribution in [0.4, 0.5) is 5.69 Å². The number of nitrogens with zero attached hydrogens (tertiary/aromatic N) is 2. The zero-order valence-corrected chi connectivity index (χ0v) is 11.5. The number of aryl methyl sites for hydroxylation is 1. The number of carbonyl (C=O) groups is 1. The number of benzene rings is 1. The first-order valence-electron chi connectivity index (χ1n) is 6.75. The van der Waals surface area contributed by atoms with Crippen molar-refractivity contribution in [2.24, 2.45) is 0 Å². The van der Waals surface area contributed by atoms with Crippen LogP contribution in [0.2, 0.25) is 0 Å². The summed E-state index contributed by atoms with van der Waals surface area (Å²) in [6.45, 7) is 1.40. The summed E-state index contributed by atoms with van der Waals surface area (Å²) in [7, 11) is 0. The highest BCUT2D eigenvalue weighted by Gasteiger charge is 2.11. The number of aromatic nitrogens is 2. The minimum Gasteiger partial charge on any atom is -0.451 e. The summed E-state index contributed by atoms with van der Waals surface area (Å²) < 4.78 is 7.47. The van der Waals surface area contributed by atoms with Crippen LogP contribution in [0.1, 0.15) is 17.0 Å². The van der Waals surface area contributed by atoms with Gasteiger partial charge in [-0.05, 0) is 30.7 Å². The van der Waals surface area contributed by atoms with Crippen LogP contribution in [0.3, 0.4) is 0 Å². The summed E-state index contributed by atoms with van der Waals surface area (Å²) in [5, 5.41) is 3.67. The van der Waals surface area contributed by atoms with Crippen LogP contribution in [-0.4, -0.2) is 22.0 Å². The minimum absolute atomic E-state index is 0.213. The standard InChI is InChI=1S/C15H16N4O2/c16-12-2-3-13-11(8-12)9-14(21-13)15(20)18-4-1-6-19-7-5-17-10-19/h2-3,5,7-10H,1,4,6,16H2,(H,18,20). The predicted octanol–water partition coefficient (Wildman–Crippen LogP) is 2.03. The molecule has 21 heavy (non-hydrogen) atoms. The molecular formula is C15H16N4O2. The Kier molecular flexibility index (Phi) is 3.59. The smallest absolute Gasteiger partial charge is 0.287 e. The monoisotopic (exact) mass is 284 g/mol. The topological polar surface area (TPSA) is 86.1 Å². The van der Waals surface area contributed by atoms with Gasteiger partial charge in [-0.2, -0.15) is 0 Å². The number of rotatable bonds is 5. The molecule has 0 radical (unpaired) electrons. The maximum atomic E-state index is 12.0. The average Bonchev–Trinajstić information content (AvgIpc) is 3.11. The number of nitrogen functional groups attached to an aromatic ring is 1. The molecule has 0 aliphatic heterocycles. The van der Waals surface area contributed by atoms with Crippen LogP contribution >= 0.6 is 0 Å². The van der Waals surface area contributed by atoms with Crippen LogP contribution in [-0.2, 0) is 6.54 Å². The summed E-state index contributed by atoms with van der Waals surface area (Å²) in [5.41, 5.74) is 7.01. The molecule has 3 rings (SSSR count). The number of carbonyl (C=O) groups excluding carboxylic acids is 1. The normalized spacial score (nSPS) is 10.9. The molecule has 0 saturated heterocycles. The van der Waals surface area contributed by atoms with Gasteiger partial charge in [0.15, 0.2) is 5.76 Å². The number of fused-ring (bicyclic) bond motifs is 1. The van der Waals surface area contributed by atoms with Crippen molar-refractivity contribution in [3.63, 3.8) is 0 Å². The fraction of sp³-hybridized carbons (Fsp3) is 0.200. The summed E-state index contributed by atoms with van der Waals surface area (Å²) in [5.74, 6) is 0.0913. The fourth-order valence-corrected chi connectivity index (χ4v) is 2.14. The Labute approximate surface area is 121 Å². The first-order valence-corrected chi connectivity index (χ1v) is 6.75. The van der Waals surface area contributed by atoms with Gasteiger partial charge in [-0.25, -0.2) is 4.98 Å². The SMILES string of the molecule is Nc1ccc2oc(C(=O)NCCCn3ccnc3)cc2c1. The molecule has 6 nitrogen and oxygen atoms in total. The molecule has 0 spiro atoms. The Balaban J connectivity index is 1.56. The van der Waals surface area contributed by atoms with Crippen LogP contribution in [0.5, 0.6) is 0 Å². The summed E-state index contributed by atoms with van der Waals surface area (Å²) in [6.07, 6.45) is 6.21. The van der Waals surface area contributed by atoms with Gasteiger partial charge in [0.05, 0.1) is 6.33 Å². The predicted molar refractivity (Wildman–Crippen MR) is 79.8 cm³/mol. The molecule has 2 aromatic heterocycles. The largest absolute Gasteiger partial charge is 0.451 e. The third kappa shape index (κ3) is 3.05. The number of nitrogens with one attached hydrogen (secondary N) is 1. The van der Waals surface area contributed by atoms with E-state index in [1.807, 2.05) is 10.8 Å². The Morgan fingerprint density at radius 2 is 2.29 bits per heavy atom. The van der Waals surface area contributed by atoms with Crippen molar-refractivity contribution >= 4 is 22.6 Å². The molecule has 0 fully saturated rings. The molecule has 1 aromatic carbocycles. The highest BCUT2D eigenvalue weighted by atomic mass is 16.3. The minimum atomic E-state index is -0.213. The third-order valence-corrected chi connectivity index (χ3v) is 3.20. The number of imidazole rings is 1. The van der Waals surface area contributed by atoms with E-state index in [0.29, 0.717) is 23.6 Å². The highest BCUT2D eigenvalue weighted by Crippen LogP contribution is 2.21. The van der Waals surface area contributed by atoms with E-state index in [2.05, 4.69) is 10.3 Å². The molecule has 3 aromatic rings. The van der Waals surface area contributed by atoms with Gasteiger partial charge in [0.2, 0.25) is 0 Å². The van der Waals surface area contributed by atoms with E-state index in [9.17, 15) is 4.79 Å². The van der Waals surface area contributed by atoms with Crippen LogP contribution < -0.4 is 11.1 Å². The lowest BCUT2D eigenvalue weighted by Gasteiger charge is -2.03. The van der Waals surface area contributed by atoms with Gasteiger partial charge >= 0.3 is 0 Å². The summed E-state index contributed by atoms with van der Waals surface area (Å²) >= 11 is 0. The van der Waals surface area contributed by atoms with Crippen molar-refractivity contribution in [2.45, 2.75) is 13.0 Å². The molecule has 2 heterocycles. The second kappa shape index (κ2) is 5.70. The molecule has 0 atom stereocenters. The van der Waals surface area contributed by atoms with Crippen molar-refractivity contribution in [3.05, 3.63) is 48.7 Å². The van der Waals surface area contributed by atoms with Gasteiger partial charge < -0.3 is 20.0 Å². The zero-order valence-electron chi connectivity index (χ0n) is 11.5. The quantitative estimate of drug-likeness (QED) is 0.554. The van der Waals surface area contributed by atoms with E-state index < -0.39 is 0 Å². The molecule has 6 heteroatoms. The van der Waals surface area contributed by atoms with Gasteiger partial charge in [-0.3, -0.25) is 4.79 Å². The van der Waals surface area contributed by atoms with Gasteiger partial charge in [-0.15, -0.1) is 0 Å². The van der Waals surface area contributed by atoms with Crippen molar-refractivity contribution in [2.75, 3.05) is 12.3 Å². The lowest BCUT2D eigenvalue weighted by atomic mass is 10.2. The van der Waals surface area contributed by atoms with Gasteiger partial charge in [-0.1, -0.05) is 0 Å². The molecule has 1 amide bonds. The van der Waals surface area contributed by atoms with Gasteiger partial charge in [0.25, 0.3) is 5.91 Å². The number of nitrogens with two attached hydrogens (primary N) is 1. The molecule has 0 saturated carbocycles. The first kappa shape index (κ1) is 13.2. The number of amides is 1. The summed E-state index contributed by atoms with van der Waals surface area (Å²) in [6, 6.07) is 7.00. The molecule has 0 aliphatic rings. The number of anilines is 1. The second-order valence-corrected chi connectivity index (χ2v) is 4.82. The van der Waals surface area contributed by atoms with Crippen molar-refractivity contribution in [3.8, 4) is 0 Å². The molecule has 108 valence electrons. The molecular weight excluding hydrogens is 268 g/mol. The van der Waals surface area contributed by atoms with Crippen LogP contribution in [0.25, 0.3) is 11.0 Å². The zero-order chi connectivity index (χ0) is 14.7. The highest BCUT2D eigenvalue weighted by molar-refractivity contribution is 5.96. The molecule has 3 N–H and O–H groups in total. The fourth-order valence-electron chi connectivity index (χ4n) is 2.14. The Morgan fingerprint density at radius 1 is 1.38 bits per heavy atom. The van der Waals surface area contributed by atoms with Crippen LogP contribution in [0, 0.1) is 0 Å². The first-order chi connectivity index (χ1) is 10.2. The van der Waals surface area contributed by atoms with Crippen LogP contribution in [0.15, 0.2) is 47.4 Å². The maximum absolute atomic E-state index is 12.0.